The number of esters is 1. The van der Waals surface area contributed by atoms with Crippen molar-refractivity contribution >= 4 is 13.8 Å². The minimum atomic E-state index is -4.52. The molecule has 0 bridgehead atoms. The standard InChI is InChI=1S/C49H95O9P/c1-3-5-7-9-11-13-15-17-19-20-21-22-23-24-25-26-27-29-31-33-35-37-39-41-49(52)58-48(46-57-59(53,54)56-44-47(51)43-50)45-55-42-40-38-36-34-32-30-28-18-16-14-12-10-8-6-4-2/h10,12,16,18,47-48,50-51H,3-9,11,13-15,17,19-46H2,1-2H3,(H,53,54)/b12-10-,18-16-. The van der Waals surface area contributed by atoms with E-state index in [0.29, 0.717) is 6.61 Å². The summed E-state index contributed by atoms with van der Waals surface area (Å²) in [6.45, 7) is 3.50. The van der Waals surface area contributed by atoms with E-state index in [0.717, 1.165) is 51.4 Å². The van der Waals surface area contributed by atoms with Gasteiger partial charge in [-0.25, -0.2) is 4.57 Å². The first-order chi connectivity index (χ1) is 28.8. The van der Waals surface area contributed by atoms with E-state index < -0.39 is 33.2 Å². The lowest BCUT2D eigenvalue weighted by atomic mass is 10.0. The highest BCUT2D eigenvalue weighted by atomic mass is 31.2. The Morgan fingerprint density at radius 2 is 0.932 bits per heavy atom. The molecule has 3 unspecified atom stereocenters. The summed E-state index contributed by atoms with van der Waals surface area (Å²) in [7, 11) is -4.52. The zero-order valence-electron chi connectivity index (χ0n) is 38.5. The number of ether oxygens (including phenoxy) is 2. The van der Waals surface area contributed by atoms with Crippen molar-refractivity contribution in [2.24, 2.45) is 0 Å². The van der Waals surface area contributed by atoms with E-state index in [-0.39, 0.29) is 25.6 Å². The van der Waals surface area contributed by atoms with Crippen molar-refractivity contribution < 1.29 is 43.0 Å². The monoisotopic (exact) mass is 859 g/mol. The number of aliphatic hydroxyl groups is 2. The first-order valence-corrected chi connectivity index (χ1v) is 26.3. The molecular weight excluding hydrogens is 764 g/mol. The molecule has 0 aliphatic heterocycles. The Labute approximate surface area is 363 Å². The number of carbonyl (C=O) groups excluding carboxylic acids is 1. The highest BCUT2D eigenvalue weighted by Gasteiger charge is 2.26. The van der Waals surface area contributed by atoms with Crippen LogP contribution in [-0.2, 0) is 27.9 Å². The normalized spacial score (nSPS) is 14.1. The molecule has 0 saturated heterocycles. The van der Waals surface area contributed by atoms with Gasteiger partial charge in [0.25, 0.3) is 0 Å². The molecular formula is C49H95O9P. The fourth-order valence-corrected chi connectivity index (χ4v) is 7.87. The maximum atomic E-state index is 12.7. The van der Waals surface area contributed by atoms with Crippen molar-refractivity contribution in [1.29, 1.82) is 0 Å². The van der Waals surface area contributed by atoms with Crippen molar-refractivity contribution in [2.75, 3.05) is 33.0 Å². The summed E-state index contributed by atoms with van der Waals surface area (Å²) in [6, 6.07) is 0. The fraction of sp³-hybridized carbons (Fsp3) is 0.898. The Morgan fingerprint density at radius 1 is 0.525 bits per heavy atom. The topological polar surface area (TPSA) is 132 Å². The molecule has 0 aromatic heterocycles. The van der Waals surface area contributed by atoms with Crippen molar-refractivity contribution in [3.8, 4) is 0 Å². The molecule has 3 atom stereocenters. The van der Waals surface area contributed by atoms with Crippen LogP contribution in [0.25, 0.3) is 0 Å². The Kier molecular flexibility index (Phi) is 45.6. The van der Waals surface area contributed by atoms with Gasteiger partial charge in [-0.05, 0) is 38.5 Å². The third-order valence-corrected chi connectivity index (χ3v) is 11.8. The minimum absolute atomic E-state index is 0.0462. The zero-order chi connectivity index (χ0) is 43.2. The molecule has 0 saturated carbocycles. The molecule has 10 heteroatoms. The van der Waals surface area contributed by atoms with E-state index in [4.69, 9.17) is 23.6 Å². The fourth-order valence-electron chi connectivity index (χ4n) is 7.08. The molecule has 59 heavy (non-hydrogen) atoms. The van der Waals surface area contributed by atoms with Crippen LogP contribution < -0.4 is 0 Å². The molecule has 0 fully saturated rings. The van der Waals surface area contributed by atoms with Crippen molar-refractivity contribution in [3.63, 3.8) is 0 Å². The molecule has 0 aromatic rings. The van der Waals surface area contributed by atoms with Crippen LogP contribution >= 0.6 is 7.82 Å². The first kappa shape index (κ1) is 57.9. The summed E-state index contributed by atoms with van der Waals surface area (Å²) in [4.78, 5) is 22.7. The summed E-state index contributed by atoms with van der Waals surface area (Å²) in [5.41, 5.74) is 0. The summed E-state index contributed by atoms with van der Waals surface area (Å²) in [5.74, 6) is -0.381. The third-order valence-electron chi connectivity index (χ3n) is 10.9. The van der Waals surface area contributed by atoms with E-state index >= 15 is 0 Å². The second-order valence-corrected chi connectivity index (χ2v) is 18.3. The maximum Gasteiger partial charge on any atom is 0.472 e. The number of rotatable bonds is 48. The minimum Gasteiger partial charge on any atom is -0.457 e. The van der Waals surface area contributed by atoms with Gasteiger partial charge in [0.2, 0.25) is 0 Å². The SMILES string of the molecule is CCCC/C=C\C/C=C\CCCCCCCCOCC(COP(=O)(O)OCC(O)CO)OC(=O)CCCCCCCCCCCCCCCCCCCCCCCCC. The molecule has 0 aromatic carbocycles. The van der Waals surface area contributed by atoms with Crippen molar-refractivity contribution in [1.82, 2.24) is 0 Å². The Balaban J connectivity index is 4.03. The molecule has 0 amide bonds. The smallest absolute Gasteiger partial charge is 0.457 e. The molecule has 0 aliphatic carbocycles. The second-order valence-electron chi connectivity index (χ2n) is 16.8. The summed E-state index contributed by atoms with van der Waals surface area (Å²) >= 11 is 0. The average Bonchev–Trinajstić information content (AvgIpc) is 3.23. The molecule has 0 aliphatic rings. The number of carbonyl (C=O) groups is 1. The van der Waals surface area contributed by atoms with E-state index in [1.807, 2.05) is 0 Å². The lowest BCUT2D eigenvalue weighted by molar-refractivity contribution is -0.154. The van der Waals surface area contributed by atoms with Gasteiger partial charge in [0.15, 0.2) is 0 Å². The average molecular weight is 859 g/mol. The van der Waals surface area contributed by atoms with Crippen LogP contribution in [0, 0.1) is 0 Å². The van der Waals surface area contributed by atoms with Gasteiger partial charge in [0, 0.05) is 13.0 Å². The van der Waals surface area contributed by atoms with Crippen molar-refractivity contribution in [2.45, 2.75) is 251 Å². The van der Waals surface area contributed by atoms with Gasteiger partial charge in [0.1, 0.15) is 12.2 Å². The van der Waals surface area contributed by atoms with Gasteiger partial charge in [0.05, 0.1) is 26.4 Å². The summed E-state index contributed by atoms with van der Waals surface area (Å²) in [5, 5.41) is 18.4. The predicted molar refractivity (Wildman–Crippen MR) is 247 cm³/mol. The number of aliphatic hydroxyl groups excluding tert-OH is 2. The highest BCUT2D eigenvalue weighted by Crippen LogP contribution is 2.43. The van der Waals surface area contributed by atoms with Gasteiger partial charge in [-0.3, -0.25) is 13.8 Å². The van der Waals surface area contributed by atoms with E-state index in [1.54, 1.807) is 0 Å². The van der Waals surface area contributed by atoms with E-state index in [9.17, 15) is 19.4 Å². The van der Waals surface area contributed by atoms with Crippen LogP contribution in [0.2, 0.25) is 0 Å². The second kappa shape index (κ2) is 46.4. The van der Waals surface area contributed by atoms with Gasteiger partial charge >= 0.3 is 13.8 Å². The quantitative estimate of drug-likeness (QED) is 0.0237. The number of hydrogen-bond donors (Lipinski definition) is 3. The molecule has 0 rings (SSSR count). The summed E-state index contributed by atoms with van der Waals surface area (Å²) < 4.78 is 33.5. The molecule has 9 nitrogen and oxygen atoms in total. The number of phosphoric acid groups is 1. The van der Waals surface area contributed by atoms with Crippen LogP contribution in [0.5, 0.6) is 0 Å². The lowest BCUT2D eigenvalue weighted by Crippen LogP contribution is -2.29. The highest BCUT2D eigenvalue weighted by molar-refractivity contribution is 7.47. The van der Waals surface area contributed by atoms with Crippen LogP contribution in [0.1, 0.15) is 239 Å². The molecule has 0 heterocycles. The number of allylic oxidation sites excluding steroid dienone is 4. The van der Waals surface area contributed by atoms with Crippen molar-refractivity contribution in [3.05, 3.63) is 24.3 Å². The van der Waals surface area contributed by atoms with E-state index in [2.05, 4.69) is 38.2 Å². The van der Waals surface area contributed by atoms with Gasteiger partial charge < -0.3 is 24.6 Å². The van der Waals surface area contributed by atoms with Crippen LogP contribution in [-0.4, -0.2) is 66.3 Å². The lowest BCUT2D eigenvalue weighted by Gasteiger charge is -2.20. The molecule has 0 spiro atoms. The zero-order valence-corrected chi connectivity index (χ0v) is 39.4. The van der Waals surface area contributed by atoms with Gasteiger partial charge in [-0.1, -0.05) is 218 Å². The number of unbranched alkanes of at least 4 members (excludes halogenated alkanes) is 30. The number of phosphoric ester groups is 1. The predicted octanol–water partition coefficient (Wildman–Crippen LogP) is 14.2. The first-order valence-electron chi connectivity index (χ1n) is 24.8. The largest absolute Gasteiger partial charge is 0.472 e. The number of hydrogen-bond acceptors (Lipinski definition) is 8. The van der Waals surface area contributed by atoms with Gasteiger partial charge in [-0.2, -0.15) is 0 Å². The maximum absolute atomic E-state index is 12.7. The van der Waals surface area contributed by atoms with Crippen LogP contribution in [0.4, 0.5) is 0 Å². The third kappa shape index (κ3) is 46.3. The molecule has 350 valence electrons. The van der Waals surface area contributed by atoms with Crippen LogP contribution in [0.3, 0.4) is 0 Å². The Bertz CT molecular complexity index is 975. The van der Waals surface area contributed by atoms with Crippen LogP contribution in [0.15, 0.2) is 24.3 Å². The molecule has 0 radical (unpaired) electrons. The molecule has 3 N–H and O–H groups in total. The Hall–Kier alpha value is -1.06. The summed E-state index contributed by atoms with van der Waals surface area (Å²) in [6.07, 6.45) is 50.0. The van der Waals surface area contributed by atoms with Gasteiger partial charge in [-0.15, -0.1) is 0 Å². The van der Waals surface area contributed by atoms with E-state index in [1.165, 1.54) is 167 Å². The Morgan fingerprint density at radius 3 is 1.41 bits per heavy atom.